The summed E-state index contributed by atoms with van der Waals surface area (Å²) in [7, 11) is 1.60. The molecule has 5 heteroatoms. The maximum Gasteiger partial charge on any atom is 0.257 e. The van der Waals surface area contributed by atoms with Gasteiger partial charge < -0.3 is 15.4 Å². The van der Waals surface area contributed by atoms with E-state index in [9.17, 15) is 4.79 Å². The lowest BCUT2D eigenvalue weighted by Gasteiger charge is -2.23. The Balaban J connectivity index is 1.67. The van der Waals surface area contributed by atoms with Gasteiger partial charge in [-0.25, -0.2) is 0 Å². The lowest BCUT2D eigenvalue weighted by molar-refractivity contribution is 0.102. The summed E-state index contributed by atoms with van der Waals surface area (Å²) in [5.74, 6) is 0.529. The zero-order valence-electron chi connectivity index (χ0n) is 13.9. The molecule has 0 spiro atoms. The number of nitrogens with zero attached hydrogens (tertiary/aromatic N) is 1. The number of carbonyl (C=O) groups is 1. The number of anilines is 2. The molecule has 24 heavy (non-hydrogen) atoms. The van der Waals surface area contributed by atoms with Crippen LogP contribution in [-0.2, 0) is 0 Å². The summed E-state index contributed by atoms with van der Waals surface area (Å²) < 4.78 is 5.17. The average molecular weight is 325 g/mol. The first kappa shape index (κ1) is 16.3. The van der Waals surface area contributed by atoms with Gasteiger partial charge in [-0.2, -0.15) is 0 Å². The third kappa shape index (κ3) is 4.25. The number of hydrogen-bond acceptors (Lipinski definition) is 4. The van der Waals surface area contributed by atoms with Crippen molar-refractivity contribution in [1.29, 1.82) is 0 Å². The van der Waals surface area contributed by atoms with Gasteiger partial charge in [0.1, 0.15) is 5.75 Å². The molecule has 1 aliphatic rings. The molecule has 1 fully saturated rings. The van der Waals surface area contributed by atoms with Crippen LogP contribution < -0.4 is 15.4 Å². The molecule has 2 N–H and O–H groups in total. The molecule has 0 aliphatic heterocycles. The number of methoxy groups -OCH3 is 1. The highest BCUT2D eigenvalue weighted by Gasteiger charge is 2.14. The van der Waals surface area contributed by atoms with Crippen LogP contribution >= 0.6 is 0 Å². The van der Waals surface area contributed by atoms with Gasteiger partial charge in [0.05, 0.1) is 18.4 Å². The van der Waals surface area contributed by atoms with Crippen molar-refractivity contribution in [3.8, 4) is 5.75 Å². The van der Waals surface area contributed by atoms with E-state index in [-0.39, 0.29) is 5.91 Å². The first-order chi connectivity index (χ1) is 11.7. The zero-order valence-corrected chi connectivity index (χ0v) is 13.9. The molecule has 3 rings (SSSR count). The van der Waals surface area contributed by atoms with Crippen LogP contribution in [0.4, 0.5) is 11.4 Å². The summed E-state index contributed by atoms with van der Waals surface area (Å²) in [6, 6.07) is 9.64. The lowest BCUT2D eigenvalue weighted by atomic mass is 9.95. The van der Waals surface area contributed by atoms with Gasteiger partial charge in [0.2, 0.25) is 0 Å². The van der Waals surface area contributed by atoms with Crippen LogP contribution in [0.1, 0.15) is 42.5 Å². The fourth-order valence-electron chi connectivity index (χ4n) is 3.03. The molecule has 1 aromatic carbocycles. The highest BCUT2D eigenvalue weighted by atomic mass is 16.5. The molecule has 0 saturated heterocycles. The maximum atomic E-state index is 12.4. The number of amides is 1. The lowest BCUT2D eigenvalue weighted by Crippen LogP contribution is -2.22. The Kier molecular flexibility index (Phi) is 5.31. The van der Waals surface area contributed by atoms with Gasteiger partial charge >= 0.3 is 0 Å². The predicted molar refractivity (Wildman–Crippen MR) is 95.7 cm³/mol. The summed E-state index contributed by atoms with van der Waals surface area (Å²) >= 11 is 0. The van der Waals surface area contributed by atoms with Gasteiger partial charge in [0.15, 0.2) is 0 Å². The van der Waals surface area contributed by atoms with Crippen molar-refractivity contribution in [2.24, 2.45) is 0 Å². The van der Waals surface area contributed by atoms with Crippen molar-refractivity contribution in [3.63, 3.8) is 0 Å². The first-order valence-electron chi connectivity index (χ1n) is 8.41. The molecule has 0 atom stereocenters. The van der Waals surface area contributed by atoms with E-state index in [1.165, 1.54) is 32.1 Å². The summed E-state index contributed by atoms with van der Waals surface area (Å²) in [4.78, 5) is 16.6. The average Bonchev–Trinajstić information content (AvgIpc) is 2.63. The Morgan fingerprint density at radius 3 is 2.75 bits per heavy atom. The van der Waals surface area contributed by atoms with E-state index in [1.54, 1.807) is 25.6 Å². The number of nitrogens with one attached hydrogen (secondary N) is 2. The Hall–Kier alpha value is -2.56. The van der Waals surface area contributed by atoms with Gasteiger partial charge in [0.25, 0.3) is 5.91 Å². The summed E-state index contributed by atoms with van der Waals surface area (Å²) in [5, 5.41) is 6.37. The molecule has 0 unspecified atom stereocenters. The van der Waals surface area contributed by atoms with Gasteiger partial charge in [-0.15, -0.1) is 0 Å². The van der Waals surface area contributed by atoms with E-state index in [0.29, 0.717) is 23.0 Å². The molecule has 126 valence electrons. The second-order valence-corrected chi connectivity index (χ2v) is 6.13. The fourth-order valence-corrected chi connectivity index (χ4v) is 3.03. The highest BCUT2D eigenvalue weighted by Crippen LogP contribution is 2.22. The monoisotopic (exact) mass is 325 g/mol. The smallest absolute Gasteiger partial charge is 0.257 e. The summed E-state index contributed by atoms with van der Waals surface area (Å²) in [6.07, 6.45) is 9.57. The van der Waals surface area contributed by atoms with Crippen LogP contribution in [0.25, 0.3) is 0 Å². The third-order valence-electron chi connectivity index (χ3n) is 4.30. The van der Waals surface area contributed by atoms with Gasteiger partial charge in [-0.05, 0) is 31.0 Å². The molecule has 2 aromatic rings. The van der Waals surface area contributed by atoms with Crippen molar-refractivity contribution in [2.75, 3.05) is 17.7 Å². The molecule has 1 saturated carbocycles. The minimum Gasteiger partial charge on any atom is -0.497 e. The fraction of sp³-hybridized carbons (Fsp3) is 0.368. The number of benzene rings is 1. The summed E-state index contributed by atoms with van der Waals surface area (Å²) in [6.45, 7) is 0. The van der Waals surface area contributed by atoms with Gasteiger partial charge in [-0.3, -0.25) is 9.78 Å². The van der Waals surface area contributed by atoms with Crippen LogP contribution in [0.3, 0.4) is 0 Å². The predicted octanol–water partition coefficient (Wildman–Crippen LogP) is 4.09. The zero-order chi connectivity index (χ0) is 16.8. The normalized spacial score (nSPS) is 14.9. The molecule has 0 bridgehead atoms. The second-order valence-electron chi connectivity index (χ2n) is 6.13. The second kappa shape index (κ2) is 7.81. The molecule has 1 aliphatic carbocycles. The highest BCUT2D eigenvalue weighted by molar-refractivity contribution is 6.04. The maximum absolute atomic E-state index is 12.4. The minimum absolute atomic E-state index is 0.178. The van der Waals surface area contributed by atoms with Crippen LogP contribution in [-0.4, -0.2) is 24.0 Å². The molecular formula is C19H23N3O2. The van der Waals surface area contributed by atoms with E-state index in [2.05, 4.69) is 15.6 Å². The molecule has 1 amide bonds. The third-order valence-corrected chi connectivity index (χ3v) is 4.30. The molecular weight excluding hydrogens is 302 g/mol. The van der Waals surface area contributed by atoms with Crippen LogP contribution in [0.2, 0.25) is 0 Å². The van der Waals surface area contributed by atoms with Crippen molar-refractivity contribution in [2.45, 2.75) is 38.1 Å². The van der Waals surface area contributed by atoms with E-state index < -0.39 is 0 Å². The Morgan fingerprint density at radius 2 is 1.96 bits per heavy atom. The van der Waals surface area contributed by atoms with E-state index in [0.717, 1.165) is 5.69 Å². The first-order valence-corrected chi connectivity index (χ1v) is 8.41. The van der Waals surface area contributed by atoms with Crippen LogP contribution in [0.5, 0.6) is 5.75 Å². The largest absolute Gasteiger partial charge is 0.497 e. The Morgan fingerprint density at radius 1 is 1.12 bits per heavy atom. The topological polar surface area (TPSA) is 63.2 Å². The Bertz CT molecular complexity index is 697. The molecule has 0 radical (unpaired) electrons. The summed E-state index contributed by atoms with van der Waals surface area (Å²) in [5.41, 5.74) is 2.14. The number of ether oxygens (including phenoxy) is 1. The number of pyridine rings is 1. The molecule has 1 aromatic heterocycles. The molecule has 5 nitrogen and oxygen atoms in total. The number of hydrogen-bond donors (Lipinski definition) is 2. The number of aromatic nitrogens is 1. The SMILES string of the molecule is COc1cccc(NC(=O)c2cncc(NC3CCCCC3)c2)c1. The van der Waals surface area contributed by atoms with Crippen molar-refractivity contribution < 1.29 is 9.53 Å². The molecule has 1 heterocycles. The van der Waals surface area contributed by atoms with Gasteiger partial charge in [-0.1, -0.05) is 25.3 Å². The van der Waals surface area contributed by atoms with Gasteiger partial charge in [0, 0.05) is 30.2 Å². The Labute approximate surface area is 142 Å². The minimum atomic E-state index is -0.178. The van der Waals surface area contributed by atoms with Crippen LogP contribution in [0, 0.1) is 0 Å². The van der Waals surface area contributed by atoms with Crippen molar-refractivity contribution >= 4 is 17.3 Å². The van der Waals surface area contributed by atoms with Crippen molar-refractivity contribution in [1.82, 2.24) is 4.98 Å². The van der Waals surface area contributed by atoms with Crippen LogP contribution in [0.15, 0.2) is 42.7 Å². The number of carbonyl (C=O) groups excluding carboxylic acids is 1. The number of rotatable bonds is 5. The standard InChI is InChI=1S/C19H23N3O2/c1-24-18-9-5-8-16(11-18)22-19(23)14-10-17(13-20-12-14)21-15-6-3-2-4-7-15/h5,8-13,15,21H,2-4,6-7H2,1H3,(H,22,23). The van der Waals surface area contributed by atoms with Crippen molar-refractivity contribution in [3.05, 3.63) is 48.3 Å². The quantitative estimate of drug-likeness (QED) is 0.869. The van der Waals surface area contributed by atoms with E-state index in [1.807, 2.05) is 24.3 Å². The van der Waals surface area contributed by atoms with E-state index >= 15 is 0 Å². The van der Waals surface area contributed by atoms with E-state index in [4.69, 9.17) is 4.74 Å².